The van der Waals surface area contributed by atoms with Gasteiger partial charge in [-0.15, -0.1) is 0 Å². The molecule has 0 aliphatic heterocycles. The van der Waals surface area contributed by atoms with Gasteiger partial charge in [0.25, 0.3) is 0 Å². The van der Waals surface area contributed by atoms with Crippen LogP contribution in [0.5, 0.6) is 0 Å². The van der Waals surface area contributed by atoms with Crippen LogP contribution in [0.3, 0.4) is 0 Å². The molecule has 15 heavy (non-hydrogen) atoms. The van der Waals surface area contributed by atoms with E-state index in [9.17, 15) is 8.42 Å². The maximum Gasteiger partial charge on any atom is 0.240 e. The van der Waals surface area contributed by atoms with Crippen LogP contribution in [0.25, 0.3) is 0 Å². The summed E-state index contributed by atoms with van der Waals surface area (Å²) in [6.45, 7) is 4.34. The molecule has 0 spiro atoms. The van der Waals surface area contributed by atoms with Crippen molar-refractivity contribution in [3.8, 4) is 0 Å². The van der Waals surface area contributed by atoms with Gasteiger partial charge in [0.2, 0.25) is 10.0 Å². The van der Waals surface area contributed by atoms with E-state index in [1.54, 1.807) is 12.1 Å². The molecule has 5 heteroatoms. The fourth-order valence-electron chi connectivity index (χ4n) is 1.14. The number of alkyl halides is 1. The monoisotopic (exact) mass is 339 g/mol. The van der Waals surface area contributed by atoms with Crippen molar-refractivity contribution in [2.24, 2.45) is 0 Å². The Balaban J connectivity index is 3.00. The molecule has 1 rings (SSSR count). The Morgan fingerprint density at radius 2 is 1.93 bits per heavy atom. The lowest BCUT2D eigenvalue weighted by Crippen LogP contribution is -2.25. The van der Waals surface area contributed by atoms with E-state index in [0.717, 1.165) is 15.6 Å². The predicted molar refractivity (Wildman–Crippen MR) is 70.0 cm³/mol. The number of rotatable bonds is 4. The molecule has 0 heterocycles. The SMILES string of the molecule is Cc1ccc(S(=O)(=O)NCCI)cc1C. The molecule has 0 aliphatic rings. The van der Waals surface area contributed by atoms with Gasteiger partial charge in [0.05, 0.1) is 4.90 Å². The van der Waals surface area contributed by atoms with Crippen LogP contribution in [0.1, 0.15) is 11.1 Å². The standard InChI is InChI=1S/C10H14INO2S/c1-8-3-4-10(7-9(8)2)15(13,14)12-6-5-11/h3-4,7,12H,5-6H2,1-2H3. The molecule has 0 unspecified atom stereocenters. The van der Waals surface area contributed by atoms with Gasteiger partial charge in [0.15, 0.2) is 0 Å². The highest BCUT2D eigenvalue weighted by Gasteiger charge is 2.13. The zero-order valence-electron chi connectivity index (χ0n) is 8.75. The van der Waals surface area contributed by atoms with Gasteiger partial charge in [0, 0.05) is 11.0 Å². The smallest absolute Gasteiger partial charge is 0.210 e. The van der Waals surface area contributed by atoms with Gasteiger partial charge in [-0.05, 0) is 37.1 Å². The number of benzene rings is 1. The van der Waals surface area contributed by atoms with E-state index in [0.29, 0.717) is 11.4 Å². The Morgan fingerprint density at radius 1 is 1.27 bits per heavy atom. The number of sulfonamides is 1. The predicted octanol–water partition coefficient (Wildman–Crippen LogP) is 2.02. The summed E-state index contributed by atoms with van der Waals surface area (Å²) in [7, 11) is -3.32. The number of halogens is 1. The number of hydrogen-bond acceptors (Lipinski definition) is 2. The van der Waals surface area contributed by atoms with Crippen molar-refractivity contribution >= 4 is 32.6 Å². The fraction of sp³-hybridized carbons (Fsp3) is 0.400. The van der Waals surface area contributed by atoms with Crippen LogP contribution < -0.4 is 4.72 Å². The molecule has 3 nitrogen and oxygen atoms in total. The van der Waals surface area contributed by atoms with E-state index in [4.69, 9.17) is 0 Å². The molecule has 0 amide bonds. The first-order valence-corrected chi connectivity index (χ1v) is 7.61. The summed E-state index contributed by atoms with van der Waals surface area (Å²) >= 11 is 2.13. The number of hydrogen-bond donors (Lipinski definition) is 1. The van der Waals surface area contributed by atoms with E-state index in [-0.39, 0.29) is 0 Å². The van der Waals surface area contributed by atoms with Crippen molar-refractivity contribution < 1.29 is 8.42 Å². The molecule has 1 N–H and O–H groups in total. The van der Waals surface area contributed by atoms with Crippen molar-refractivity contribution in [2.75, 3.05) is 11.0 Å². The molecule has 1 aromatic rings. The van der Waals surface area contributed by atoms with Crippen molar-refractivity contribution in [1.29, 1.82) is 0 Å². The molecule has 0 fully saturated rings. The summed E-state index contributed by atoms with van der Waals surface area (Å²) in [4.78, 5) is 0.343. The second kappa shape index (κ2) is 5.27. The van der Waals surface area contributed by atoms with Crippen molar-refractivity contribution in [2.45, 2.75) is 18.7 Å². The molecule has 0 aliphatic carbocycles. The van der Waals surface area contributed by atoms with Gasteiger partial charge >= 0.3 is 0 Å². The van der Waals surface area contributed by atoms with E-state index < -0.39 is 10.0 Å². The Labute approximate surface area is 104 Å². The lowest BCUT2D eigenvalue weighted by atomic mass is 10.1. The highest BCUT2D eigenvalue weighted by Crippen LogP contribution is 2.14. The van der Waals surface area contributed by atoms with Crippen LogP contribution >= 0.6 is 22.6 Å². The average Bonchev–Trinajstić information content (AvgIpc) is 2.19. The second-order valence-electron chi connectivity index (χ2n) is 3.33. The van der Waals surface area contributed by atoms with Gasteiger partial charge in [-0.1, -0.05) is 28.7 Å². The minimum Gasteiger partial charge on any atom is -0.210 e. The molecular weight excluding hydrogens is 325 g/mol. The summed E-state index contributed by atoms with van der Waals surface area (Å²) in [6, 6.07) is 5.16. The molecular formula is C10H14INO2S. The largest absolute Gasteiger partial charge is 0.240 e. The van der Waals surface area contributed by atoms with E-state index in [2.05, 4.69) is 27.3 Å². The van der Waals surface area contributed by atoms with Gasteiger partial charge in [0.1, 0.15) is 0 Å². The van der Waals surface area contributed by atoms with Crippen LogP contribution in [0.15, 0.2) is 23.1 Å². The lowest BCUT2D eigenvalue weighted by Gasteiger charge is -2.07. The highest BCUT2D eigenvalue weighted by atomic mass is 127. The number of nitrogens with one attached hydrogen (secondary N) is 1. The van der Waals surface area contributed by atoms with Crippen LogP contribution in [0, 0.1) is 13.8 Å². The molecule has 0 atom stereocenters. The van der Waals surface area contributed by atoms with E-state index >= 15 is 0 Å². The molecule has 0 saturated heterocycles. The summed E-state index contributed by atoms with van der Waals surface area (Å²) in [6.07, 6.45) is 0. The van der Waals surface area contributed by atoms with E-state index in [1.807, 2.05) is 19.9 Å². The molecule has 0 saturated carbocycles. The Hall–Kier alpha value is -0.140. The zero-order chi connectivity index (χ0) is 11.5. The first kappa shape index (κ1) is 12.9. The van der Waals surface area contributed by atoms with Gasteiger partial charge < -0.3 is 0 Å². The molecule has 0 bridgehead atoms. The zero-order valence-corrected chi connectivity index (χ0v) is 11.7. The molecule has 1 aromatic carbocycles. The van der Waals surface area contributed by atoms with Crippen LogP contribution in [0.2, 0.25) is 0 Å². The summed E-state index contributed by atoms with van der Waals surface area (Å²) in [5.41, 5.74) is 2.09. The fourth-order valence-corrected chi connectivity index (χ4v) is 2.89. The van der Waals surface area contributed by atoms with Gasteiger partial charge in [-0.3, -0.25) is 0 Å². The maximum absolute atomic E-state index is 11.7. The molecule has 0 radical (unpaired) electrons. The third-order valence-corrected chi connectivity index (χ3v) is 4.17. The lowest BCUT2D eigenvalue weighted by molar-refractivity contribution is 0.584. The summed E-state index contributed by atoms with van der Waals surface area (Å²) in [5.74, 6) is 0. The van der Waals surface area contributed by atoms with Crippen molar-refractivity contribution in [3.63, 3.8) is 0 Å². The average molecular weight is 339 g/mol. The summed E-state index contributed by atoms with van der Waals surface area (Å²) < 4.78 is 26.8. The number of aryl methyl sites for hydroxylation is 2. The normalized spacial score (nSPS) is 11.7. The second-order valence-corrected chi connectivity index (χ2v) is 6.18. The quantitative estimate of drug-likeness (QED) is 0.674. The topological polar surface area (TPSA) is 46.2 Å². The third-order valence-electron chi connectivity index (χ3n) is 2.18. The van der Waals surface area contributed by atoms with Gasteiger partial charge in [-0.2, -0.15) is 0 Å². The van der Waals surface area contributed by atoms with Crippen molar-refractivity contribution in [3.05, 3.63) is 29.3 Å². The Morgan fingerprint density at radius 3 is 2.47 bits per heavy atom. The minimum atomic E-state index is -3.32. The first-order chi connectivity index (χ1) is 6.97. The third kappa shape index (κ3) is 3.42. The minimum absolute atomic E-state index is 0.343. The first-order valence-electron chi connectivity index (χ1n) is 4.60. The highest BCUT2D eigenvalue weighted by molar-refractivity contribution is 14.1. The molecule has 0 aromatic heterocycles. The van der Waals surface area contributed by atoms with E-state index in [1.165, 1.54) is 0 Å². The maximum atomic E-state index is 11.7. The molecule has 84 valence electrons. The Kier molecular flexibility index (Phi) is 4.54. The summed E-state index contributed by atoms with van der Waals surface area (Å²) in [5, 5.41) is 0. The van der Waals surface area contributed by atoms with Gasteiger partial charge in [-0.25, -0.2) is 13.1 Å². The van der Waals surface area contributed by atoms with Crippen LogP contribution in [-0.4, -0.2) is 19.4 Å². The van der Waals surface area contributed by atoms with Crippen molar-refractivity contribution in [1.82, 2.24) is 4.72 Å². The Bertz CT molecular complexity index is 443. The van der Waals surface area contributed by atoms with Crippen LogP contribution in [-0.2, 0) is 10.0 Å². The van der Waals surface area contributed by atoms with Crippen LogP contribution in [0.4, 0.5) is 0 Å².